The Bertz CT molecular complexity index is 522. The minimum Gasteiger partial charge on any atom is -0.358 e. The average molecular weight is 232 g/mol. The van der Waals surface area contributed by atoms with E-state index in [-0.39, 0.29) is 5.82 Å². The lowest BCUT2D eigenvalue weighted by Gasteiger charge is -2.02. The van der Waals surface area contributed by atoms with Gasteiger partial charge in [-0.3, -0.25) is 4.98 Å². The molecule has 0 saturated heterocycles. The van der Waals surface area contributed by atoms with E-state index in [0.29, 0.717) is 18.8 Å². The molecule has 2 heterocycles. The molecule has 6 heteroatoms. The summed E-state index contributed by atoms with van der Waals surface area (Å²) in [6.45, 7) is 2.27. The summed E-state index contributed by atoms with van der Waals surface area (Å²) in [5, 5.41) is 10.8. The molecule has 6 nitrogen and oxygen atoms in total. The first-order valence-corrected chi connectivity index (χ1v) is 5.25. The zero-order chi connectivity index (χ0) is 12.3. The third-order valence-corrected chi connectivity index (χ3v) is 2.54. The van der Waals surface area contributed by atoms with Crippen molar-refractivity contribution in [1.29, 1.82) is 0 Å². The lowest BCUT2D eigenvalue weighted by atomic mass is 10.2. The van der Waals surface area contributed by atoms with Crippen molar-refractivity contribution in [3.8, 4) is 0 Å². The van der Waals surface area contributed by atoms with Crippen LogP contribution in [0, 0.1) is 17.0 Å². The van der Waals surface area contributed by atoms with E-state index < -0.39 is 4.92 Å². The maximum absolute atomic E-state index is 10.8. The molecule has 0 aliphatic rings. The molecule has 0 aliphatic heterocycles. The zero-order valence-electron chi connectivity index (χ0n) is 9.41. The number of aryl methyl sites for hydroxylation is 2. The molecule has 88 valence electrons. The van der Waals surface area contributed by atoms with E-state index in [4.69, 9.17) is 0 Å². The number of hydrogen-bond acceptors (Lipinski definition) is 4. The minimum atomic E-state index is -0.418. The summed E-state index contributed by atoms with van der Waals surface area (Å²) in [7, 11) is 0. The lowest BCUT2D eigenvalue weighted by molar-refractivity contribution is -0.392. The summed E-state index contributed by atoms with van der Waals surface area (Å²) in [4.78, 5) is 18.5. The van der Waals surface area contributed by atoms with Gasteiger partial charge in [-0.2, -0.15) is 0 Å². The normalized spacial score (nSPS) is 10.4. The van der Waals surface area contributed by atoms with Crippen molar-refractivity contribution in [2.75, 3.05) is 0 Å². The summed E-state index contributed by atoms with van der Waals surface area (Å²) in [5.41, 5.74) is 0.912. The highest BCUT2D eigenvalue weighted by Gasteiger charge is 2.16. The van der Waals surface area contributed by atoms with Crippen LogP contribution in [0.5, 0.6) is 0 Å². The number of aromatic nitrogens is 3. The third-order valence-electron chi connectivity index (χ3n) is 2.54. The van der Waals surface area contributed by atoms with Gasteiger partial charge in [0.25, 0.3) is 0 Å². The Balaban J connectivity index is 2.14. The van der Waals surface area contributed by atoms with Gasteiger partial charge in [0, 0.05) is 25.2 Å². The molecule has 0 spiro atoms. The smallest absolute Gasteiger partial charge is 0.342 e. The van der Waals surface area contributed by atoms with Gasteiger partial charge in [0.2, 0.25) is 0 Å². The van der Waals surface area contributed by atoms with E-state index in [1.54, 1.807) is 17.7 Å². The van der Waals surface area contributed by atoms with Crippen LogP contribution < -0.4 is 0 Å². The molecule has 0 atom stereocenters. The first-order chi connectivity index (χ1) is 8.18. The van der Waals surface area contributed by atoms with Crippen LogP contribution >= 0.6 is 0 Å². The van der Waals surface area contributed by atoms with E-state index in [1.165, 1.54) is 6.20 Å². The van der Waals surface area contributed by atoms with Gasteiger partial charge in [-0.25, -0.2) is 9.55 Å². The maximum Gasteiger partial charge on any atom is 0.342 e. The molecule has 17 heavy (non-hydrogen) atoms. The Morgan fingerprint density at radius 3 is 2.88 bits per heavy atom. The Kier molecular flexibility index (Phi) is 3.13. The largest absolute Gasteiger partial charge is 0.358 e. The van der Waals surface area contributed by atoms with Crippen LogP contribution in [0.3, 0.4) is 0 Å². The van der Waals surface area contributed by atoms with Gasteiger partial charge in [-0.1, -0.05) is 6.07 Å². The fraction of sp³-hybridized carbons (Fsp3) is 0.273. The average Bonchev–Trinajstić information content (AvgIpc) is 2.69. The van der Waals surface area contributed by atoms with Gasteiger partial charge in [0.15, 0.2) is 5.82 Å². The summed E-state index contributed by atoms with van der Waals surface area (Å²) in [6.07, 6.45) is 3.65. The highest BCUT2D eigenvalue weighted by Crippen LogP contribution is 2.14. The molecule has 2 rings (SSSR count). The van der Waals surface area contributed by atoms with Crippen molar-refractivity contribution in [2.24, 2.45) is 0 Å². The molecule has 2 aromatic heterocycles. The molecular formula is C11H12N4O2. The van der Waals surface area contributed by atoms with Crippen LogP contribution in [-0.4, -0.2) is 19.5 Å². The number of hydrogen-bond donors (Lipinski definition) is 0. The molecule has 0 bridgehead atoms. The number of rotatable bonds is 4. The molecule has 0 unspecified atom stereocenters. The second-order valence-corrected chi connectivity index (χ2v) is 3.64. The van der Waals surface area contributed by atoms with E-state index in [9.17, 15) is 10.1 Å². The highest BCUT2D eigenvalue weighted by atomic mass is 16.6. The van der Waals surface area contributed by atoms with Crippen molar-refractivity contribution in [2.45, 2.75) is 19.9 Å². The number of imidazole rings is 1. The van der Waals surface area contributed by atoms with Gasteiger partial charge >= 0.3 is 5.82 Å². The zero-order valence-corrected chi connectivity index (χ0v) is 9.41. The minimum absolute atomic E-state index is 0.0263. The van der Waals surface area contributed by atoms with Crippen LogP contribution in [0.2, 0.25) is 0 Å². The third kappa shape index (κ3) is 2.47. The first kappa shape index (κ1) is 11.3. The van der Waals surface area contributed by atoms with Gasteiger partial charge in [-0.05, 0) is 17.1 Å². The summed E-state index contributed by atoms with van der Waals surface area (Å²) >= 11 is 0. The molecular weight excluding hydrogens is 220 g/mol. The van der Waals surface area contributed by atoms with Crippen LogP contribution in [0.4, 0.5) is 5.82 Å². The van der Waals surface area contributed by atoms with E-state index in [2.05, 4.69) is 9.97 Å². The molecule has 0 saturated carbocycles. The number of pyridine rings is 1. The van der Waals surface area contributed by atoms with Crippen LogP contribution in [-0.2, 0) is 13.0 Å². The molecule has 0 N–H and O–H groups in total. The van der Waals surface area contributed by atoms with Crippen molar-refractivity contribution in [3.05, 3.63) is 52.2 Å². The quantitative estimate of drug-likeness (QED) is 0.594. The Hall–Kier alpha value is -2.24. The molecule has 0 fully saturated rings. The first-order valence-electron chi connectivity index (χ1n) is 5.25. The summed E-state index contributed by atoms with van der Waals surface area (Å²) < 4.78 is 1.59. The van der Waals surface area contributed by atoms with Crippen LogP contribution in [0.25, 0.3) is 0 Å². The predicted molar refractivity (Wildman–Crippen MR) is 61.6 cm³/mol. The maximum atomic E-state index is 10.8. The van der Waals surface area contributed by atoms with Gasteiger partial charge in [0.05, 0.1) is 6.54 Å². The van der Waals surface area contributed by atoms with Gasteiger partial charge < -0.3 is 10.1 Å². The monoisotopic (exact) mass is 232 g/mol. The summed E-state index contributed by atoms with van der Waals surface area (Å²) in [6, 6.07) is 5.64. The molecule has 0 aliphatic carbocycles. The second kappa shape index (κ2) is 4.73. The Morgan fingerprint density at radius 1 is 1.41 bits per heavy atom. The predicted octanol–water partition coefficient (Wildman–Crippen LogP) is 1.74. The highest BCUT2D eigenvalue weighted by molar-refractivity contribution is 5.19. The van der Waals surface area contributed by atoms with Crippen molar-refractivity contribution in [3.63, 3.8) is 0 Å². The molecule has 0 amide bonds. The summed E-state index contributed by atoms with van der Waals surface area (Å²) in [5.74, 6) is 0.672. The van der Waals surface area contributed by atoms with Crippen molar-refractivity contribution in [1.82, 2.24) is 14.5 Å². The van der Waals surface area contributed by atoms with E-state index in [0.717, 1.165) is 5.69 Å². The lowest BCUT2D eigenvalue weighted by Crippen LogP contribution is -2.07. The van der Waals surface area contributed by atoms with Crippen molar-refractivity contribution < 1.29 is 4.92 Å². The van der Waals surface area contributed by atoms with Gasteiger partial charge in [0.1, 0.15) is 6.20 Å². The number of nitrogens with zero attached hydrogens (tertiary/aromatic N) is 4. The number of nitro groups is 1. The molecule has 0 radical (unpaired) electrons. The second-order valence-electron chi connectivity index (χ2n) is 3.64. The Labute approximate surface area is 98.1 Å². The Morgan fingerprint density at radius 2 is 2.24 bits per heavy atom. The topological polar surface area (TPSA) is 73.8 Å². The van der Waals surface area contributed by atoms with Crippen molar-refractivity contribution >= 4 is 5.82 Å². The standard InChI is InChI=1S/C11H12N4O2/c1-9-13-8-11(15(16)17)14(9)7-5-10-4-2-3-6-12-10/h2-4,6,8H,5,7H2,1H3. The van der Waals surface area contributed by atoms with E-state index in [1.807, 2.05) is 18.2 Å². The SMILES string of the molecule is Cc1ncc([N+](=O)[O-])n1CCc1ccccn1. The fourth-order valence-electron chi connectivity index (χ4n) is 1.65. The van der Waals surface area contributed by atoms with Crippen LogP contribution in [0.1, 0.15) is 11.5 Å². The van der Waals surface area contributed by atoms with Gasteiger partial charge in [-0.15, -0.1) is 0 Å². The molecule has 0 aromatic carbocycles. The fourth-order valence-corrected chi connectivity index (χ4v) is 1.65. The van der Waals surface area contributed by atoms with Crippen LogP contribution in [0.15, 0.2) is 30.6 Å². The molecule has 2 aromatic rings. The van der Waals surface area contributed by atoms with E-state index >= 15 is 0 Å².